The fourth-order valence-electron chi connectivity index (χ4n) is 4.33. The van der Waals surface area contributed by atoms with E-state index in [2.05, 4.69) is 20.4 Å². The Hall–Kier alpha value is -1.84. The van der Waals surface area contributed by atoms with Gasteiger partial charge < -0.3 is 10.4 Å². The Kier molecular flexibility index (Phi) is 2.80. The van der Waals surface area contributed by atoms with E-state index < -0.39 is 18.6 Å². The first-order chi connectivity index (χ1) is 10.7. The summed E-state index contributed by atoms with van der Waals surface area (Å²) in [6.07, 6.45) is -2.25. The second-order valence-electron chi connectivity index (χ2n) is 6.90. The van der Waals surface area contributed by atoms with E-state index in [1.807, 2.05) is 0 Å². The van der Waals surface area contributed by atoms with E-state index in [0.29, 0.717) is 19.3 Å². The summed E-state index contributed by atoms with van der Waals surface area (Å²) in [6.45, 7) is 0. The molecule has 4 fully saturated rings. The monoisotopic (exact) mass is 332 g/mol. The molecule has 0 unspecified atom stereocenters. The number of rotatable bonds is 4. The van der Waals surface area contributed by atoms with Crippen LogP contribution in [-0.4, -0.2) is 44.2 Å². The molecule has 1 heterocycles. The highest BCUT2D eigenvalue weighted by Crippen LogP contribution is 2.68. The van der Waals surface area contributed by atoms with E-state index in [9.17, 15) is 18.0 Å². The van der Waals surface area contributed by atoms with Gasteiger partial charge in [0.15, 0.2) is 0 Å². The summed E-state index contributed by atoms with van der Waals surface area (Å²) in [5.74, 6) is 0. The molecule has 1 aromatic heterocycles. The molecule has 23 heavy (non-hydrogen) atoms. The van der Waals surface area contributed by atoms with Crippen molar-refractivity contribution >= 4 is 6.09 Å². The van der Waals surface area contributed by atoms with Crippen LogP contribution in [0.15, 0.2) is 6.20 Å². The van der Waals surface area contributed by atoms with Crippen LogP contribution in [0.5, 0.6) is 0 Å². The summed E-state index contributed by atoms with van der Waals surface area (Å²) < 4.78 is 42.2. The molecule has 4 aliphatic rings. The van der Waals surface area contributed by atoms with Crippen molar-refractivity contribution in [2.24, 2.45) is 0 Å². The van der Waals surface area contributed by atoms with Crippen LogP contribution in [0.1, 0.15) is 43.8 Å². The van der Waals surface area contributed by atoms with E-state index >= 15 is 0 Å². The molecular formula is C13H15F3N4O3. The average molecular weight is 332 g/mol. The van der Waals surface area contributed by atoms with Crippen LogP contribution >= 0.6 is 0 Å². The average Bonchev–Trinajstić information content (AvgIpc) is 2.72. The Morgan fingerprint density at radius 1 is 1.39 bits per heavy atom. The van der Waals surface area contributed by atoms with Crippen molar-refractivity contribution in [3.8, 4) is 0 Å². The van der Waals surface area contributed by atoms with E-state index in [1.165, 1.54) is 0 Å². The standard InChI is InChI=1S/C13H15F3N4O3/c14-13(15,16)23-8-1-7(2-8)20-9(3-17-19-20)11-4-12(5-11,6-11)18-10(21)22/h3,7-8,18H,1-2,4-6H2,(H,21,22)/t7-,8+,11?,12?. The summed E-state index contributed by atoms with van der Waals surface area (Å²) >= 11 is 0. The van der Waals surface area contributed by atoms with Crippen molar-refractivity contribution in [1.82, 2.24) is 20.3 Å². The molecule has 5 rings (SSSR count). The lowest BCUT2D eigenvalue weighted by Gasteiger charge is -2.70. The molecule has 126 valence electrons. The van der Waals surface area contributed by atoms with Crippen molar-refractivity contribution in [3.05, 3.63) is 11.9 Å². The molecule has 4 saturated carbocycles. The van der Waals surface area contributed by atoms with Crippen LogP contribution in [-0.2, 0) is 10.2 Å². The minimum Gasteiger partial charge on any atom is -0.465 e. The largest absolute Gasteiger partial charge is 0.522 e. The van der Waals surface area contributed by atoms with Gasteiger partial charge in [0.1, 0.15) is 0 Å². The smallest absolute Gasteiger partial charge is 0.465 e. The van der Waals surface area contributed by atoms with Gasteiger partial charge in [-0.15, -0.1) is 18.3 Å². The highest BCUT2D eigenvalue weighted by Gasteiger charge is 2.70. The predicted molar refractivity (Wildman–Crippen MR) is 68.6 cm³/mol. The van der Waals surface area contributed by atoms with Gasteiger partial charge in [-0.2, -0.15) is 0 Å². The van der Waals surface area contributed by atoms with Crippen LogP contribution in [0, 0.1) is 0 Å². The van der Waals surface area contributed by atoms with Crippen molar-refractivity contribution in [2.75, 3.05) is 0 Å². The lowest BCUT2D eigenvalue weighted by Crippen LogP contribution is -2.77. The third kappa shape index (κ3) is 2.27. The maximum absolute atomic E-state index is 12.2. The number of hydrogen-bond acceptors (Lipinski definition) is 4. The number of alkyl halides is 3. The SMILES string of the molecule is O=C(O)NC12CC(c3cnnn3[C@H]3C[C@@H](OC(F)(F)F)C3)(C1)C2. The predicted octanol–water partition coefficient (Wildman–Crippen LogP) is 1.96. The highest BCUT2D eigenvalue weighted by molar-refractivity contribution is 5.67. The zero-order chi connectivity index (χ0) is 16.5. The molecule has 1 aromatic rings. The van der Waals surface area contributed by atoms with Crippen molar-refractivity contribution in [2.45, 2.75) is 61.6 Å². The van der Waals surface area contributed by atoms with E-state index in [-0.39, 0.29) is 29.8 Å². The van der Waals surface area contributed by atoms with Gasteiger partial charge in [-0.1, -0.05) is 5.21 Å². The lowest BCUT2D eigenvalue weighted by molar-refractivity contribution is -0.353. The molecular weight excluding hydrogens is 317 g/mol. The minimum atomic E-state index is -4.61. The summed E-state index contributed by atoms with van der Waals surface area (Å²) in [7, 11) is 0. The van der Waals surface area contributed by atoms with Crippen LogP contribution in [0.25, 0.3) is 0 Å². The highest BCUT2D eigenvalue weighted by atomic mass is 19.4. The molecule has 0 aliphatic heterocycles. The molecule has 2 bridgehead atoms. The maximum atomic E-state index is 12.2. The van der Waals surface area contributed by atoms with Gasteiger partial charge in [0.05, 0.1) is 24.0 Å². The molecule has 10 heteroatoms. The molecule has 0 atom stereocenters. The summed E-state index contributed by atoms with van der Waals surface area (Å²) in [5, 5.41) is 19.3. The number of nitrogens with zero attached hydrogens (tertiary/aromatic N) is 3. The Labute approximate surface area is 128 Å². The second kappa shape index (κ2) is 4.37. The number of ether oxygens (including phenoxy) is 1. The quantitative estimate of drug-likeness (QED) is 0.880. The topological polar surface area (TPSA) is 89.3 Å². The number of nitrogens with one attached hydrogen (secondary N) is 1. The first kappa shape index (κ1) is 14.7. The number of halogens is 3. The summed E-state index contributed by atoms with van der Waals surface area (Å²) in [4.78, 5) is 10.8. The molecule has 4 aliphatic carbocycles. The molecule has 7 nitrogen and oxygen atoms in total. The van der Waals surface area contributed by atoms with E-state index in [4.69, 9.17) is 5.11 Å². The molecule has 0 saturated heterocycles. The summed E-state index contributed by atoms with van der Waals surface area (Å²) in [6, 6.07) is -0.141. The number of carboxylic acid groups (broad SMARTS) is 1. The molecule has 2 N–H and O–H groups in total. The van der Waals surface area contributed by atoms with Gasteiger partial charge in [-0.3, -0.25) is 4.74 Å². The minimum absolute atomic E-state index is 0.137. The number of amides is 1. The van der Waals surface area contributed by atoms with Crippen molar-refractivity contribution in [3.63, 3.8) is 0 Å². The lowest BCUT2D eigenvalue weighted by atomic mass is 9.38. The molecule has 1 amide bonds. The number of hydrogen-bond donors (Lipinski definition) is 2. The third-order valence-electron chi connectivity index (χ3n) is 5.24. The second-order valence-corrected chi connectivity index (χ2v) is 6.90. The van der Waals surface area contributed by atoms with Crippen LogP contribution < -0.4 is 5.32 Å². The Bertz CT molecular complexity index is 633. The van der Waals surface area contributed by atoms with Gasteiger partial charge in [0.25, 0.3) is 0 Å². The third-order valence-corrected chi connectivity index (χ3v) is 5.24. The zero-order valence-electron chi connectivity index (χ0n) is 12.0. The van der Waals surface area contributed by atoms with Crippen LogP contribution in [0.3, 0.4) is 0 Å². The number of carbonyl (C=O) groups is 1. The van der Waals surface area contributed by atoms with Crippen LogP contribution in [0.2, 0.25) is 0 Å². The zero-order valence-corrected chi connectivity index (χ0v) is 12.0. The fourth-order valence-corrected chi connectivity index (χ4v) is 4.33. The van der Waals surface area contributed by atoms with Crippen LogP contribution in [0.4, 0.5) is 18.0 Å². The number of aromatic nitrogens is 3. The van der Waals surface area contributed by atoms with Crippen molar-refractivity contribution in [1.29, 1.82) is 0 Å². The van der Waals surface area contributed by atoms with Gasteiger partial charge in [-0.25, -0.2) is 9.48 Å². The first-order valence-corrected chi connectivity index (χ1v) is 7.37. The maximum Gasteiger partial charge on any atom is 0.522 e. The Morgan fingerprint density at radius 2 is 2.04 bits per heavy atom. The van der Waals surface area contributed by atoms with Gasteiger partial charge >= 0.3 is 12.5 Å². The molecule has 0 aromatic carbocycles. The van der Waals surface area contributed by atoms with Gasteiger partial charge in [0, 0.05) is 11.0 Å². The van der Waals surface area contributed by atoms with Gasteiger partial charge in [-0.05, 0) is 32.1 Å². The van der Waals surface area contributed by atoms with E-state index in [1.54, 1.807) is 10.9 Å². The van der Waals surface area contributed by atoms with Gasteiger partial charge in [0.2, 0.25) is 0 Å². The Balaban J connectivity index is 1.40. The Morgan fingerprint density at radius 3 is 2.61 bits per heavy atom. The summed E-state index contributed by atoms with van der Waals surface area (Å²) in [5.41, 5.74) is 0.409. The first-order valence-electron chi connectivity index (χ1n) is 7.37. The van der Waals surface area contributed by atoms with E-state index in [0.717, 1.165) is 5.69 Å². The van der Waals surface area contributed by atoms with Crippen molar-refractivity contribution < 1.29 is 27.8 Å². The molecule has 0 spiro atoms. The fraction of sp³-hybridized carbons (Fsp3) is 0.769. The normalized spacial score (nSPS) is 38.2. The molecule has 0 radical (unpaired) electrons.